The molecule has 17 heteroatoms. The molecule has 0 aliphatic rings. The number of carbonyl (C=O) groups is 3. The second kappa shape index (κ2) is 19.5. The molecule has 3 atom stereocenters. The smallest absolute Gasteiger partial charge is 0.408 e. The van der Waals surface area contributed by atoms with E-state index in [-0.39, 0.29) is 45.3 Å². The van der Waals surface area contributed by atoms with Crippen LogP contribution in [0, 0.1) is 5.92 Å². The predicted octanol–water partition coefficient (Wildman–Crippen LogP) is 5.00. The standard InChI is InChI=1S/C34H51N6O10P/c1-23(2)19-26-9-11-27(12-10-26)24(3)31(41)47-17-18-49-51(44,22-45-16-13-40-21-38-28-29(35)36-20-37-30(28)40)48-15-8-14-46-32(42)25(4)39-33(43)50-34(5,6)7/h9-12,20-21,23-25H,8,13-19,22H2,1-7H3,(H,39,43)(H2,35,36,37)/t24?,25-,51?/m1/s1. The average molecular weight is 735 g/mol. The number of fused-ring (bicyclic) bond motifs is 1. The Morgan fingerprint density at radius 2 is 1.59 bits per heavy atom. The van der Waals surface area contributed by atoms with E-state index in [1.54, 1.807) is 38.6 Å². The minimum Gasteiger partial charge on any atom is -0.464 e. The van der Waals surface area contributed by atoms with Crippen molar-refractivity contribution in [2.45, 2.75) is 85.4 Å². The number of ether oxygens (including phenoxy) is 4. The van der Waals surface area contributed by atoms with Gasteiger partial charge in [-0.15, -0.1) is 0 Å². The fourth-order valence-corrected chi connectivity index (χ4v) is 5.95. The van der Waals surface area contributed by atoms with Crippen LogP contribution in [-0.2, 0) is 55.1 Å². The molecule has 282 valence electrons. The van der Waals surface area contributed by atoms with Crippen LogP contribution < -0.4 is 11.1 Å². The fraction of sp³-hybridized carbons (Fsp3) is 0.588. The summed E-state index contributed by atoms with van der Waals surface area (Å²) >= 11 is 0. The number of nitrogens with two attached hydrogens (primary N) is 1. The Morgan fingerprint density at radius 3 is 2.27 bits per heavy atom. The van der Waals surface area contributed by atoms with Gasteiger partial charge in [0.15, 0.2) is 11.5 Å². The summed E-state index contributed by atoms with van der Waals surface area (Å²) in [7, 11) is -3.86. The zero-order chi connectivity index (χ0) is 37.6. The highest BCUT2D eigenvalue weighted by Crippen LogP contribution is 2.48. The number of hydrogen-bond donors (Lipinski definition) is 2. The molecule has 0 saturated heterocycles. The summed E-state index contributed by atoms with van der Waals surface area (Å²) in [4.78, 5) is 49.3. The topological polar surface area (TPSA) is 205 Å². The molecule has 16 nitrogen and oxygen atoms in total. The van der Waals surface area contributed by atoms with Crippen molar-refractivity contribution >= 4 is 42.6 Å². The number of rotatable bonds is 20. The van der Waals surface area contributed by atoms with Gasteiger partial charge in [0.2, 0.25) is 0 Å². The van der Waals surface area contributed by atoms with Gasteiger partial charge in [-0.2, -0.15) is 0 Å². The Morgan fingerprint density at radius 1 is 0.902 bits per heavy atom. The Kier molecular flexibility index (Phi) is 15.8. The van der Waals surface area contributed by atoms with Crippen LogP contribution in [0.3, 0.4) is 0 Å². The van der Waals surface area contributed by atoms with Crippen molar-refractivity contribution in [3.05, 3.63) is 48.0 Å². The van der Waals surface area contributed by atoms with Crippen LogP contribution in [0.1, 0.15) is 71.9 Å². The van der Waals surface area contributed by atoms with Crippen molar-refractivity contribution in [2.24, 2.45) is 5.92 Å². The maximum Gasteiger partial charge on any atom is 0.408 e. The van der Waals surface area contributed by atoms with Gasteiger partial charge in [-0.05, 0) is 58.1 Å². The summed E-state index contributed by atoms with van der Waals surface area (Å²) in [5.74, 6) is -0.854. The number of carbonyl (C=O) groups excluding carboxylic acids is 3. The molecule has 3 rings (SSSR count). The van der Waals surface area contributed by atoms with Crippen LogP contribution in [0.2, 0.25) is 0 Å². The summed E-state index contributed by atoms with van der Waals surface area (Å²) in [6, 6.07) is 6.91. The minimum atomic E-state index is -3.86. The Labute approximate surface area is 298 Å². The lowest BCUT2D eigenvalue weighted by Crippen LogP contribution is -2.42. The van der Waals surface area contributed by atoms with E-state index in [0.717, 1.165) is 12.0 Å². The van der Waals surface area contributed by atoms with Gasteiger partial charge in [0, 0.05) is 13.0 Å². The van der Waals surface area contributed by atoms with Crippen LogP contribution in [0.4, 0.5) is 10.6 Å². The number of benzene rings is 1. The molecule has 1 amide bonds. The van der Waals surface area contributed by atoms with Gasteiger partial charge in [-0.25, -0.2) is 24.5 Å². The first-order chi connectivity index (χ1) is 24.1. The van der Waals surface area contributed by atoms with Crippen LogP contribution in [0.5, 0.6) is 0 Å². The lowest BCUT2D eigenvalue weighted by molar-refractivity contribution is -0.146. The van der Waals surface area contributed by atoms with Gasteiger partial charge in [0.05, 0.1) is 38.7 Å². The summed E-state index contributed by atoms with van der Waals surface area (Å²) in [6.07, 6.45) is 2.85. The molecule has 2 aromatic heterocycles. The van der Waals surface area contributed by atoms with E-state index in [4.69, 9.17) is 33.7 Å². The molecule has 0 radical (unpaired) electrons. The van der Waals surface area contributed by atoms with Crippen LogP contribution >= 0.6 is 7.60 Å². The molecule has 0 bridgehead atoms. The van der Waals surface area contributed by atoms with Gasteiger partial charge in [0.25, 0.3) is 0 Å². The van der Waals surface area contributed by atoms with Crippen LogP contribution in [0.15, 0.2) is 36.9 Å². The highest BCUT2D eigenvalue weighted by molar-refractivity contribution is 7.53. The largest absolute Gasteiger partial charge is 0.464 e. The van der Waals surface area contributed by atoms with Crippen LogP contribution in [0.25, 0.3) is 11.2 Å². The first kappa shape index (κ1) is 41.3. The zero-order valence-corrected chi connectivity index (χ0v) is 31.4. The van der Waals surface area contributed by atoms with Gasteiger partial charge in [-0.3, -0.25) is 9.36 Å². The summed E-state index contributed by atoms with van der Waals surface area (Å²) < 4.78 is 48.0. The lowest BCUT2D eigenvalue weighted by Gasteiger charge is -2.21. The molecule has 3 N–H and O–H groups in total. The second-order valence-corrected chi connectivity index (χ2v) is 15.3. The average Bonchev–Trinajstić information content (AvgIpc) is 3.48. The molecule has 0 spiro atoms. The van der Waals surface area contributed by atoms with Gasteiger partial charge >= 0.3 is 25.6 Å². The maximum atomic E-state index is 13.6. The van der Waals surface area contributed by atoms with E-state index >= 15 is 0 Å². The van der Waals surface area contributed by atoms with Gasteiger partial charge in [-0.1, -0.05) is 38.1 Å². The third-order valence-electron chi connectivity index (χ3n) is 7.16. The molecule has 0 aliphatic carbocycles. The molecule has 0 fully saturated rings. The van der Waals surface area contributed by atoms with E-state index in [0.29, 0.717) is 23.6 Å². The van der Waals surface area contributed by atoms with E-state index < -0.39 is 49.5 Å². The molecule has 2 heterocycles. The Bertz CT molecular complexity index is 1630. The number of nitrogens with zero attached hydrogens (tertiary/aromatic N) is 4. The first-order valence-corrected chi connectivity index (χ1v) is 18.6. The number of anilines is 1. The van der Waals surface area contributed by atoms with Gasteiger partial charge < -0.3 is 43.6 Å². The van der Waals surface area contributed by atoms with Gasteiger partial charge in [0.1, 0.15) is 36.4 Å². The number of amides is 1. The minimum absolute atomic E-state index is 0.0767. The SMILES string of the molecule is CC(C)Cc1ccc(C(C)C(=O)OCCOP(=O)(COCCn2cnc3c(N)ncnc32)OCCCOC(=O)[C@@H](C)NC(=O)OC(C)(C)C)cc1. The Hall–Kier alpha value is -4.11. The molecular formula is C34H51N6O10P. The third-order valence-corrected chi connectivity index (χ3v) is 8.81. The molecule has 0 saturated carbocycles. The third kappa shape index (κ3) is 14.2. The monoisotopic (exact) mass is 734 g/mol. The number of hydrogen-bond acceptors (Lipinski definition) is 14. The number of alkyl carbamates (subject to hydrolysis) is 1. The number of esters is 2. The van der Waals surface area contributed by atoms with Crippen molar-refractivity contribution in [1.29, 1.82) is 0 Å². The molecule has 51 heavy (non-hydrogen) atoms. The van der Waals surface area contributed by atoms with Crippen molar-refractivity contribution in [1.82, 2.24) is 24.8 Å². The van der Waals surface area contributed by atoms with E-state index in [1.807, 2.05) is 24.3 Å². The normalized spacial score (nSPS) is 14.1. The maximum absolute atomic E-state index is 13.6. The molecule has 3 aromatic rings. The highest BCUT2D eigenvalue weighted by Gasteiger charge is 2.27. The summed E-state index contributed by atoms with van der Waals surface area (Å²) in [6.45, 7) is 12.5. The number of imidazole rings is 1. The molecule has 2 unspecified atom stereocenters. The molecule has 0 aliphatic heterocycles. The van der Waals surface area contributed by atoms with E-state index in [9.17, 15) is 18.9 Å². The summed E-state index contributed by atoms with van der Waals surface area (Å²) in [5.41, 5.74) is 8.13. The Balaban J connectivity index is 1.49. The van der Waals surface area contributed by atoms with E-state index in [1.165, 1.54) is 18.8 Å². The predicted molar refractivity (Wildman–Crippen MR) is 189 cm³/mol. The van der Waals surface area contributed by atoms with E-state index in [2.05, 4.69) is 34.1 Å². The lowest BCUT2D eigenvalue weighted by atomic mass is 9.97. The number of aromatic nitrogens is 4. The summed E-state index contributed by atoms with van der Waals surface area (Å²) in [5, 5.41) is 2.41. The zero-order valence-electron chi connectivity index (χ0n) is 30.5. The second-order valence-electron chi connectivity index (χ2n) is 13.3. The number of nitrogen functional groups attached to an aromatic ring is 1. The van der Waals surface area contributed by atoms with Crippen molar-refractivity contribution in [2.75, 3.05) is 45.1 Å². The quantitative estimate of drug-likeness (QED) is 0.0679. The molecular weight excluding hydrogens is 683 g/mol. The fourth-order valence-electron chi connectivity index (χ4n) is 4.61. The first-order valence-electron chi connectivity index (χ1n) is 16.9. The van der Waals surface area contributed by atoms with Crippen molar-refractivity contribution in [3.63, 3.8) is 0 Å². The van der Waals surface area contributed by atoms with Crippen LogP contribution in [-0.4, -0.2) is 88.6 Å². The van der Waals surface area contributed by atoms with Crippen molar-refractivity contribution < 1.29 is 46.9 Å². The molecule has 1 aromatic carbocycles. The highest BCUT2D eigenvalue weighted by atomic mass is 31.2. The number of nitrogens with one attached hydrogen (secondary N) is 1. The van der Waals surface area contributed by atoms with Crippen molar-refractivity contribution in [3.8, 4) is 0 Å².